The highest BCUT2D eigenvalue weighted by Gasteiger charge is 2.29. The monoisotopic (exact) mass is 502 g/mol. The minimum Gasteiger partial charge on any atom is -0.488 e. The molecule has 2 aliphatic heterocycles. The fourth-order valence-electron chi connectivity index (χ4n) is 5.20. The fourth-order valence-corrected chi connectivity index (χ4v) is 5.20. The van der Waals surface area contributed by atoms with Gasteiger partial charge in [0.2, 0.25) is 11.4 Å². The van der Waals surface area contributed by atoms with Gasteiger partial charge in [-0.25, -0.2) is 14.2 Å². The number of pyridine rings is 1. The number of benzene rings is 2. The molecule has 0 radical (unpaired) electrons. The van der Waals surface area contributed by atoms with Gasteiger partial charge in [0, 0.05) is 36.7 Å². The van der Waals surface area contributed by atoms with Gasteiger partial charge in [0.15, 0.2) is 5.75 Å². The average Bonchev–Trinajstić information content (AvgIpc) is 3.25. The Balaban J connectivity index is 1.45. The molecule has 4 aromatic rings. The summed E-state index contributed by atoms with van der Waals surface area (Å²) in [6.45, 7) is 3.31. The zero-order chi connectivity index (χ0) is 26.0. The van der Waals surface area contributed by atoms with Gasteiger partial charge >= 0.3 is 5.97 Å². The van der Waals surface area contributed by atoms with E-state index in [9.17, 15) is 14.7 Å². The topological polar surface area (TPSA) is 150 Å². The third kappa shape index (κ3) is 3.53. The maximum Gasteiger partial charge on any atom is 0.341 e. The van der Waals surface area contributed by atoms with Gasteiger partial charge in [-0.15, -0.1) is 0 Å². The molecular weight excluding hydrogens is 479 g/mol. The lowest BCUT2D eigenvalue weighted by molar-refractivity contribution is 0.0694. The number of aromatic carboxylic acids is 1. The van der Waals surface area contributed by atoms with Crippen LogP contribution in [-0.2, 0) is 13.0 Å². The van der Waals surface area contributed by atoms with Crippen molar-refractivity contribution in [1.29, 1.82) is 0 Å². The fraction of sp³-hybridized carbons (Fsp3) is 0.231. The summed E-state index contributed by atoms with van der Waals surface area (Å²) in [4.78, 5) is 34.7. The molecule has 2 aliphatic rings. The van der Waals surface area contributed by atoms with Gasteiger partial charge in [0.1, 0.15) is 23.8 Å². The third-order valence-electron chi connectivity index (χ3n) is 7.03. The van der Waals surface area contributed by atoms with E-state index in [0.717, 1.165) is 35.8 Å². The summed E-state index contributed by atoms with van der Waals surface area (Å²) < 4.78 is 23.3. The maximum atomic E-state index is 15.6. The number of aromatic nitrogens is 3. The van der Waals surface area contributed by atoms with Gasteiger partial charge in [-0.3, -0.25) is 4.79 Å². The van der Waals surface area contributed by atoms with Gasteiger partial charge in [-0.2, -0.15) is 4.98 Å². The number of hydrogen-bond donors (Lipinski definition) is 3. The quantitative estimate of drug-likeness (QED) is 0.383. The summed E-state index contributed by atoms with van der Waals surface area (Å²) in [6, 6.07) is 6.55. The Labute approximate surface area is 209 Å². The highest BCUT2D eigenvalue weighted by molar-refractivity contribution is 5.98. The number of nitrogens with zero attached hydrogens (tertiary/aromatic N) is 4. The highest BCUT2D eigenvalue weighted by Crippen LogP contribution is 2.43. The molecule has 0 fully saturated rings. The smallest absolute Gasteiger partial charge is 0.341 e. The van der Waals surface area contributed by atoms with Crippen molar-refractivity contribution in [3.63, 3.8) is 0 Å². The molecule has 4 heterocycles. The maximum absolute atomic E-state index is 15.6. The van der Waals surface area contributed by atoms with Crippen LogP contribution >= 0.6 is 0 Å². The zero-order valence-electron chi connectivity index (χ0n) is 19.9. The van der Waals surface area contributed by atoms with Crippen molar-refractivity contribution in [3.8, 4) is 16.9 Å². The predicted molar refractivity (Wildman–Crippen MR) is 136 cm³/mol. The molecule has 0 spiro atoms. The summed E-state index contributed by atoms with van der Waals surface area (Å²) in [5, 5.41) is 9.47. The number of carboxylic acid groups (broad SMARTS) is 1. The average molecular weight is 503 g/mol. The number of rotatable bonds is 4. The van der Waals surface area contributed by atoms with Crippen LogP contribution in [0.15, 0.2) is 41.5 Å². The van der Waals surface area contributed by atoms with Gasteiger partial charge in [0.25, 0.3) is 0 Å². The van der Waals surface area contributed by atoms with Crippen LogP contribution in [-0.4, -0.2) is 38.8 Å². The van der Waals surface area contributed by atoms with E-state index in [1.165, 1.54) is 6.20 Å². The van der Waals surface area contributed by atoms with Crippen LogP contribution in [0.5, 0.6) is 5.75 Å². The first-order chi connectivity index (χ1) is 17.7. The largest absolute Gasteiger partial charge is 0.488 e. The van der Waals surface area contributed by atoms with Crippen LogP contribution in [0.3, 0.4) is 0 Å². The predicted octanol–water partition coefficient (Wildman–Crippen LogP) is 2.98. The van der Waals surface area contributed by atoms with E-state index in [-0.39, 0.29) is 35.3 Å². The van der Waals surface area contributed by atoms with Crippen molar-refractivity contribution in [2.75, 3.05) is 29.5 Å². The molecule has 37 heavy (non-hydrogen) atoms. The molecule has 5 N–H and O–H groups in total. The van der Waals surface area contributed by atoms with Crippen molar-refractivity contribution in [3.05, 3.63) is 69.4 Å². The van der Waals surface area contributed by atoms with E-state index in [0.29, 0.717) is 23.4 Å². The van der Waals surface area contributed by atoms with E-state index >= 15 is 4.39 Å². The third-order valence-corrected chi connectivity index (χ3v) is 7.03. The lowest BCUT2D eigenvalue weighted by atomic mass is 9.96. The summed E-state index contributed by atoms with van der Waals surface area (Å²) in [5.74, 6) is -1.31. The van der Waals surface area contributed by atoms with Crippen molar-refractivity contribution in [2.45, 2.75) is 25.9 Å². The van der Waals surface area contributed by atoms with Gasteiger partial charge in [0.05, 0.1) is 22.5 Å². The second-order valence-corrected chi connectivity index (χ2v) is 9.36. The van der Waals surface area contributed by atoms with Crippen molar-refractivity contribution >= 4 is 34.3 Å². The van der Waals surface area contributed by atoms with E-state index in [4.69, 9.17) is 16.2 Å². The Morgan fingerprint density at radius 1 is 1.30 bits per heavy atom. The lowest BCUT2D eigenvalue weighted by Crippen LogP contribution is -2.27. The van der Waals surface area contributed by atoms with E-state index in [1.54, 1.807) is 10.8 Å². The zero-order valence-corrected chi connectivity index (χ0v) is 19.9. The summed E-state index contributed by atoms with van der Waals surface area (Å²) in [6.07, 6.45) is 3.68. The summed E-state index contributed by atoms with van der Waals surface area (Å²) in [7, 11) is 0. The number of ether oxygens (including phenoxy) is 1. The Kier molecular flexibility index (Phi) is 5.04. The molecule has 2 aromatic carbocycles. The van der Waals surface area contributed by atoms with Gasteiger partial charge < -0.3 is 30.8 Å². The lowest BCUT2D eigenvalue weighted by Gasteiger charge is -2.28. The number of nitrogens with two attached hydrogens (primary N) is 2. The van der Waals surface area contributed by atoms with Crippen LogP contribution in [0.4, 0.5) is 21.8 Å². The Hall–Kier alpha value is -4.67. The Morgan fingerprint density at radius 3 is 2.86 bits per heavy atom. The number of carboxylic acids is 1. The van der Waals surface area contributed by atoms with Crippen LogP contribution in [0.1, 0.15) is 34.5 Å². The minimum absolute atomic E-state index is 0.0154. The second kappa shape index (κ2) is 8.19. The molecule has 6 rings (SSSR count). The van der Waals surface area contributed by atoms with Gasteiger partial charge in [-0.1, -0.05) is 6.07 Å². The molecule has 0 saturated carbocycles. The van der Waals surface area contributed by atoms with Crippen molar-refractivity contribution in [1.82, 2.24) is 14.5 Å². The highest BCUT2D eigenvalue weighted by atomic mass is 19.1. The molecule has 10 nitrogen and oxygen atoms in total. The van der Waals surface area contributed by atoms with Crippen molar-refractivity contribution < 1.29 is 19.0 Å². The van der Waals surface area contributed by atoms with Gasteiger partial charge in [-0.05, 0) is 42.7 Å². The molecule has 0 bridgehead atoms. The normalized spacial score (nSPS) is 16.1. The summed E-state index contributed by atoms with van der Waals surface area (Å²) >= 11 is 0. The first kappa shape index (κ1) is 22.8. The SMILES string of the molecule is C[C@@H]1COc2c(-c3ccc4c(c3)CCN4Cc3cnc(N)nc3N)c(F)cc3c(=O)c(C(=O)O)cn1c23. The molecule has 1 atom stereocenters. The molecule has 0 unspecified atom stereocenters. The number of anilines is 3. The molecule has 0 amide bonds. The number of hydrogen-bond acceptors (Lipinski definition) is 8. The number of fused-ring (bicyclic) bond motifs is 1. The van der Waals surface area contributed by atoms with Crippen LogP contribution in [0.25, 0.3) is 22.0 Å². The second-order valence-electron chi connectivity index (χ2n) is 9.36. The van der Waals surface area contributed by atoms with Crippen LogP contribution in [0, 0.1) is 5.82 Å². The van der Waals surface area contributed by atoms with Crippen LogP contribution in [0.2, 0.25) is 0 Å². The van der Waals surface area contributed by atoms with Crippen molar-refractivity contribution in [2.24, 2.45) is 0 Å². The van der Waals surface area contributed by atoms with E-state index in [1.807, 2.05) is 25.1 Å². The number of nitrogen functional groups attached to an aromatic ring is 2. The molecule has 188 valence electrons. The molecule has 11 heteroatoms. The molecule has 0 saturated heterocycles. The summed E-state index contributed by atoms with van der Waals surface area (Å²) in [5.41, 5.74) is 14.5. The first-order valence-electron chi connectivity index (χ1n) is 11.8. The molecular formula is C26H23FN6O4. The van der Waals surface area contributed by atoms with Crippen LogP contribution < -0.4 is 26.5 Å². The van der Waals surface area contributed by atoms with E-state index < -0.39 is 22.8 Å². The molecule has 2 aromatic heterocycles. The van der Waals surface area contributed by atoms with E-state index in [2.05, 4.69) is 14.9 Å². The minimum atomic E-state index is -1.35. The Morgan fingerprint density at radius 2 is 2.11 bits per heavy atom. The number of carbonyl (C=O) groups is 1. The first-order valence-corrected chi connectivity index (χ1v) is 11.8. The molecule has 0 aliphatic carbocycles. The Bertz CT molecular complexity index is 1680. The standard InChI is InChI=1S/C26H23FN6O4/c1-12-11-37-23-20(18(27)7-16-21(23)33(12)10-17(22(16)34)25(35)36)14-2-3-19-13(6-14)4-5-32(19)9-15-8-30-26(29)31-24(15)28/h2-3,6-8,10,12H,4-5,9,11H2,1H3,(H,35,36)(H4,28,29,30,31)/t12-/m1/s1. The number of halogens is 1.